The highest BCUT2D eigenvalue weighted by atomic mass is 16.6. The van der Waals surface area contributed by atoms with E-state index in [2.05, 4.69) is 5.32 Å². The predicted octanol–water partition coefficient (Wildman–Crippen LogP) is 3.03. The maximum Gasteiger partial charge on any atom is 0.410 e. The Bertz CT molecular complexity index is 517. The van der Waals surface area contributed by atoms with Gasteiger partial charge in [0.25, 0.3) is 0 Å². The lowest BCUT2D eigenvalue weighted by atomic mass is 10.1. The molecule has 21 heavy (non-hydrogen) atoms. The van der Waals surface area contributed by atoms with Crippen LogP contribution in [-0.2, 0) is 4.74 Å². The molecule has 116 valence electrons. The van der Waals surface area contributed by atoms with Gasteiger partial charge in [0.2, 0.25) is 0 Å². The van der Waals surface area contributed by atoms with Gasteiger partial charge in [-0.3, -0.25) is 0 Å². The van der Waals surface area contributed by atoms with Crippen LogP contribution in [0.25, 0.3) is 0 Å². The van der Waals surface area contributed by atoms with Gasteiger partial charge in [-0.2, -0.15) is 0 Å². The molecule has 1 N–H and O–H groups in total. The smallest absolute Gasteiger partial charge is 0.410 e. The Balaban J connectivity index is 1.84. The molecule has 0 unspecified atom stereocenters. The fraction of sp³-hybridized carbons (Fsp3) is 0.562. The van der Waals surface area contributed by atoms with Crippen LogP contribution in [-0.4, -0.2) is 42.8 Å². The van der Waals surface area contributed by atoms with Crippen LogP contribution >= 0.6 is 0 Å². The SMILES string of the molecule is COc1ccc(NC2CN(C(=O)OC(C)(C)C)C2)c(C)c1. The second kappa shape index (κ2) is 5.84. The Labute approximate surface area is 126 Å². The summed E-state index contributed by atoms with van der Waals surface area (Å²) in [5, 5.41) is 3.44. The molecular weight excluding hydrogens is 268 g/mol. The van der Waals surface area contributed by atoms with Crippen molar-refractivity contribution in [2.45, 2.75) is 39.3 Å². The van der Waals surface area contributed by atoms with E-state index in [1.807, 2.05) is 45.9 Å². The number of aryl methyl sites for hydroxylation is 1. The molecule has 1 aromatic carbocycles. The van der Waals surface area contributed by atoms with Gasteiger partial charge in [0.15, 0.2) is 0 Å². The third-order valence-electron chi connectivity index (χ3n) is 3.33. The average Bonchev–Trinajstić information content (AvgIpc) is 2.32. The number of amides is 1. The molecule has 0 aliphatic carbocycles. The lowest BCUT2D eigenvalue weighted by Crippen LogP contribution is -2.58. The minimum Gasteiger partial charge on any atom is -0.497 e. The molecule has 1 amide bonds. The first-order chi connectivity index (χ1) is 9.78. The van der Waals surface area contributed by atoms with E-state index in [0.717, 1.165) is 17.0 Å². The van der Waals surface area contributed by atoms with E-state index in [1.165, 1.54) is 0 Å². The predicted molar refractivity (Wildman–Crippen MR) is 82.9 cm³/mol. The van der Waals surface area contributed by atoms with E-state index in [0.29, 0.717) is 13.1 Å². The van der Waals surface area contributed by atoms with Crippen molar-refractivity contribution in [1.82, 2.24) is 4.90 Å². The number of anilines is 1. The van der Waals surface area contributed by atoms with Crippen molar-refractivity contribution in [2.75, 3.05) is 25.5 Å². The zero-order valence-electron chi connectivity index (χ0n) is 13.4. The molecule has 1 heterocycles. The standard InChI is InChI=1S/C16H24N2O3/c1-11-8-13(20-5)6-7-14(11)17-12-9-18(10-12)15(19)21-16(2,3)4/h6-8,12,17H,9-10H2,1-5H3. The first-order valence-electron chi connectivity index (χ1n) is 7.17. The molecule has 0 radical (unpaired) electrons. The summed E-state index contributed by atoms with van der Waals surface area (Å²) in [5.74, 6) is 0.849. The summed E-state index contributed by atoms with van der Waals surface area (Å²) >= 11 is 0. The number of nitrogens with one attached hydrogen (secondary N) is 1. The van der Waals surface area contributed by atoms with Crippen LogP contribution < -0.4 is 10.1 Å². The minimum atomic E-state index is -0.442. The summed E-state index contributed by atoms with van der Waals surface area (Å²) in [6.45, 7) is 9.00. The van der Waals surface area contributed by atoms with E-state index in [4.69, 9.17) is 9.47 Å². The molecule has 0 spiro atoms. The Morgan fingerprint density at radius 2 is 2.00 bits per heavy atom. The summed E-state index contributed by atoms with van der Waals surface area (Å²) in [6, 6.07) is 6.20. The molecule has 0 aromatic heterocycles. The van der Waals surface area contributed by atoms with E-state index in [1.54, 1.807) is 12.0 Å². The van der Waals surface area contributed by atoms with Crippen LogP contribution in [0.15, 0.2) is 18.2 Å². The number of likely N-dealkylation sites (tertiary alicyclic amines) is 1. The van der Waals surface area contributed by atoms with E-state index in [-0.39, 0.29) is 12.1 Å². The zero-order chi connectivity index (χ0) is 15.6. The molecule has 0 saturated carbocycles. The summed E-state index contributed by atoms with van der Waals surface area (Å²) in [6.07, 6.45) is -0.244. The van der Waals surface area contributed by atoms with E-state index >= 15 is 0 Å². The fourth-order valence-electron chi connectivity index (χ4n) is 2.19. The first-order valence-corrected chi connectivity index (χ1v) is 7.17. The van der Waals surface area contributed by atoms with Crippen molar-refractivity contribution in [2.24, 2.45) is 0 Å². The summed E-state index contributed by atoms with van der Waals surface area (Å²) in [5.41, 5.74) is 1.76. The van der Waals surface area contributed by atoms with E-state index in [9.17, 15) is 4.79 Å². The van der Waals surface area contributed by atoms with Crippen LogP contribution in [0.4, 0.5) is 10.5 Å². The molecule has 5 nitrogen and oxygen atoms in total. The van der Waals surface area contributed by atoms with Gasteiger partial charge in [-0.15, -0.1) is 0 Å². The van der Waals surface area contributed by atoms with Gasteiger partial charge in [-0.05, 0) is 51.5 Å². The van der Waals surface area contributed by atoms with Crippen LogP contribution in [0.2, 0.25) is 0 Å². The Hall–Kier alpha value is -1.91. The maximum absolute atomic E-state index is 11.8. The van der Waals surface area contributed by atoms with Crippen molar-refractivity contribution < 1.29 is 14.3 Å². The van der Waals surface area contributed by atoms with Crippen molar-refractivity contribution in [1.29, 1.82) is 0 Å². The van der Waals surface area contributed by atoms with Gasteiger partial charge in [0.1, 0.15) is 11.4 Å². The zero-order valence-corrected chi connectivity index (χ0v) is 13.4. The highest BCUT2D eigenvalue weighted by Crippen LogP contribution is 2.24. The monoisotopic (exact) mass is 292 g/mol. The molecule has 5 heteroatoms. The topological polar surface area (TPSA) is 50.8 Å². The summed E-state index contributed by atoms with van der Waals surface area (Å²) < 4.78 is 10.5. The number of hydrogen-bond donors (Lipinski definition) is 1. The number of carbonyl (C=O) groups is 1. The quantitative estimate of drug-likeness (QED) is 0.930. The number of hydrogen-bond acceptors (Lipinski definition) is 4. The normalized spacial score (nSPS) is 15.4. The minimum absolute atomic E-state index is 0.244. The maximum atomic E-state index is 11.8. The van der Waals surface area contributed by atoms with Gasteiger partial charge in [-0.1, -0.05) is 0 Å². The molecule has 1 aromatic rings. The molecule has 0 bridgehead atoms. The summed E-state index contributed by atoms with van der Waals surface area (Å²) in [4.78, 5) is 13.6. The Morgan fingerprint density at radius 1 is 1.33 bits per heavy atom. The highest BCUT2D eigenvalue weighted by molar-refractivity contribution is 5.70. The van der Waals surface area contributed by atoms with Gasteiger partial charge in [-0.25, -0.2) is 4.79 Å². The molecule has 1 aliphatic heterocycles. The van der Waals surface area contributed by atoms with E-state index < -0.39 is 5.60 Å². The molecule has 1 fully saturated rings. The third-order valence-corrected chi connectivity index (χ3v) is 3.33. The highest BCUT2D eigenvalue weighted by Gasteiger charge is 2.33. The van der Waals surface area contributed by atoms with Crippen molar-refractivity contribution >= 4 is 11.8 Å². The van der Waals surface area contributed by atoms with Crippen LogP contribution in [0.5, 0.6) is 5.75 Å². The van der Waals surface area contributed by atoms with Crippen molar-refractivity contribution in [3.8, 4) is 5.75 Å². The van der Waals surface area contributed by atoms with Crippen LogP contribution in [0.1, 0.15) is 26.3 Å². The van der Waals surface area contributed by atoms with Gasteiger partial charge in [0, 0.05) is 18.8 Å². The van der Waals surface area contributed by atoms with Crippen LogP contribution in [0, 0.1) is 6.92 Å². The molecule has 0 atom stereocenters. The lowest BCUT2D eigenvalue weighted by molar-refractivity contribution is 0.0105. The second-order valence-corrected chi connectivity index (χ2v) is 6.41. The van der Waals surface area contributed by atoms with Gasteiger partial charge in [0.05, 0.1) is 13.2 Å². The van der Waals surface area contributed by atoms with Crippen LogP contribution in [0.3, 0.4) is 0 Å². The van der Waals surface area contributed by atoms with Gasteiger partial charge < -0.3 is 19.7 Å². The van der Waals surface area contributed by atoms with Crippen molar-refractivity contribution in [3.63, 3.8) is 0 Å². The number of ether oxygens (including phenoxy) is 2. The molecule has 1 aliphatic rings. The molecule has 2 rings (SSSR count). The van der Waals surface area contributed by atoms with Gasteiger partial charge >= 0.3 is 6.09 Å². The number of nitrogens with zero attached hydrogens (tertiary/aromatic N) is 1. The summed E-state index contributed by atoms with van der Waals surface area (Å²) in [7, 11) is 1.66. The first kappa shape index (κ1) is 15.5. The second-order valence-electron chi connectivity index (χ2n) is 6.41. The van der Waals surface area contributed by atoms with Crippen molar-refractivity contribution in [3.05, 3.63) is 23.8 Å². The number of rotatable bonds is 3. The number of benzene rings is 1. The number of methoxy groups -OCH3 is 1. The fourth-order valence-corrected chi connectivity index (χ4v) is 2.19. The third kappa shape index (κ3) is 4.03. The Kier molecular flexibility index (Phi) is 4.30. The Morgan fingerprint density at radius 3 is 2.52 bits per heavy atom. The molecule has 1 saturated heterocycles. The lowest BCUT2D eigenvalue weighted by Gasteiger charge is -2.40. The largest absolute Gasteiger partial charge is 0.497 e. The molecular formula is C16H24N2O3. The average molecular weight is 292 g/mol. The number of carbonyl (C=O) groups excluding carboxylic acids is 1.